The van der Waals surface area contributed by atoms with Gasteiger partial charge in [-0.1, -0.05) is 55.7 Å². The molecular weight excluding hydrogens is 454 g/mol. The monoisotopic (exact) mass is 503 g/mol. The highest BCUT2D eigenvalue weighted by molar-refractivity contribution is 5.40. The van der Waals surface area contributed by atoms with Crippen molar-refractivity contribution in [3.63, 3.8) is 0 Å². The van der Waals surface area contributed by atoms with Crippen LogP contribution in [0.5, 0.6) is 5.75 Å². The number of aliphatic hydroxyl groups excluding tert-OH is 1. The normalized spacial score (nSPS) is 30.7. The Kier molecular flexibility index (Phi) is 8.31. The van der Waals surface area contributed by atoms with Crippen molar-refractivity contribution in [3.8, 4) is 5.75 Å². The van der Waals surface area contributed by atoms with Crippen LogP contribution < -0.4 is 0 Å². The van der Waals surface area contributed by atoms with Crippen molar-refractivity contribution in [1.82, 2.24) is 4.90 Å². The molecule has 202 valence electrons. The van der Waals surface area contributed by atoms with Crippen LogP contribution in [0.3, 0.4) is 0 Å². The van der Waals surface area contributed by atoms with Crippen LogP contribution in [-0.4, -0.2) is 41.4 Å². The third-order valence-corrected chi connectivity index (χ3v) is 10.5. The predicted octanol–water partition coefficient (Wildman–Crippen LogP) is 7.27. The molecule has 0 spiro atoms. The van der Waals surface area contributed by atoms with E-state index in [2.05, 4.69) is 56.1 Å². The molecule has 2 saturated carbocycles. The summed E-state index contributed by atoms with van der Waals surface area (Å²) in [6.45, 7) is 6.90. The molecule has 0 amide bonds. The minimum absolute atomic E-state index is 0.0952. The highest BCUT2D eigenvalue weighted by Crippen LogP contribution is 2.63. The van der Waals surface area contributed by atoms with Crippen LogP contribution in [0.25, 0.3) is 0 Å². The summed E-state index contributed by atoms with van der Waals surface area (Å²) in [7, 11) is 2.28. The first-order chi connectivity index (χ1) is 17.8. The number of aromatic hydroxyl groups is 1. The number of hydrogen-bond donors (Lipinski definition) is 2. The second-order valence-corrected chi connectivity index (χ2v) is 13.0. The molecule has 0 aromatic heterocycles. The molecule has 2 aromatic rings. The molecule has 3 nitrogen and oxygen atoms in total. The number of fused-ring (bicyclic) bond motifs is 5. The van der Waals surface area contributed by atoms with Crippen LogP contribution in [0.15, 0.2) is 42.5 Å². The van der Waals surface area contributed by atoms with Gasteiger partial charge in [-0.3, -0.25) is 0 Å². The lowest BCUT2D eigenvalue weighted by molar-refractivity contribution is -0.0501. The quantitative estimate of drug-likeness (QED) is 0.335. The lowest BCUT2D eigenvalue weighted by Crippen LogP contribution is -2.47. The molecule has 0 radical (unpaired) electrons. The Hall–Kier alpha value is -1.84. The van der Waals surface area contributed by atoms with Crippen molar-refractivity contribution in [2.45, 2.75) is 96.5 Å². The van der Waals surface area contributed by atoms with Gasteiger partial charge < -0.3 is 15.1 Å². The minimum atomic E-state index is -0.129. The Morgan fingerprint density at radius 1 is 0.946 bits per heavy atom. The second-order valence-electron chi connectivity index (χ2n) is 13.0. The maximum atomic E-state index is 11.0. The lowest BCUT2D eigenvalue weighted by Gasteiger charge is -2.54. The molecule has 6 atom stereocenters. The fourth-order valence-electron chi connectivity index (χ4n) is 8.51. The first kappa shape index (κ1) is 26.8. The van der Waals surface area contributed by atoms with Crippen LogP contribution in [0, 0.1) is 30.1 Å². The highest BCUT2D eigenvalue weighted by Gasteiger charge is 2.57. The van der Waals surface area contributed by atoms with Gasteiger partial charge in [0.1, 0.15) is 5.75 Å². The predicted molar refractivity (Wildman–Crippen MR) is 153 cm³/mol. The van der Waals surface area contributed by atoms with Gasteiger partial charge in [0.2, 0.25) is 0 Å². The van der Waals surface area contributed by atoms with E-state index in [1.807, 2.05) is 12.1 Å². The summed E-state index contributed by atoms with van der Waals surface area (Å²) in [5.41, 5.74) is 5.77. The van der Waals surface area contributed by atoms with E-state index in [1.165, 1.54) is 93.1 Å². The summed E-state index contributed by atoms with van der Waals surface area (Å²) in [5, 5.41) is 21.1. The van der Waals surface area contributed by atoms with Crippen LogP contribution in [0.2, 0.25) is 0 Å². The molecule has 2 fully saturated rings. The van der Waals surface area contributed by atoms with Crippen molar-refractivity contribution >= 4 is 0 Å². The largest absolute Gasteiger partial charge is 0.508 e. The van der Waals surface area contributed by atoms with Gasteiger partial charge in [0.05, 0.1) is 6.10 Å². The third kappa shape index (κ3) is 5.78. The number of aryl methyl sites for hydroxylation is 3. The van der Waals surface area contributed by atoms with E-state index >= 15 is 0 Å². The number of benzene rings is 2. The Bertz CT molecular complexity index is 1030. The Morgan fingerprint density at radius 2 is 1.73 bits per heavy atom. The van der Waals surface area contributed by atoms with Crippen molar-refractivity contribution in [1.29, 1.82) is 0 Å². The van der Waals surface area contributed by atoms with Gasteiger partial charge in [-0.15, -0.1) is 0 Å². The number of phenols is 1. The number of rotatable bonds is 10. The molecule has 0 unspecified atom stereocenters. The molecule has 3 aliphatic carbocycles. The van der Waals surface area contributed by atoms with Crippen LogP contribution in [-0.2, 0) is 12.8 Å². The molecule has 0 saturated heterocycles. The maximum absolute atomic E-state index is 11.0. The van der Waals surface area contributed by atoms with Gasteiger partial charge in [0.15, 0.2) is 0 Å². The Balaban J connectivity index is 1.13. The molecule has 2 aromatic carbocycles. The summed E-state index contributed by atoms with van der Waals surface area (Å²) in [6.07, 6.45) is 13.0. The first-order valence-electron chi connectivity index (χ1n) is 15.1. The summed E-state index contributed by atoms with van der Waals surface area (Å²) in [4.78, 5) is 2.51. The average Bonchev–Trinajstić information content (AvgIpc) is 3.18. The topological polar surface area (TPSA) is 43.7 Å². The van der Waals surface area contributed by atoms with Crippen molar-refractivity contribution < 1.29 is 10.2 Å². The van der Waals surface area contributed by atoms with E-state index in [1.54, 1.807) is 0 Å². The molecule has 37 heavy (non-hydrogen) atoms. The summed E-state index contributed by atoms with van der Waals surface area (Å²) < 4.78 is 0. The lowest BCUT2D eigenvalue weighted by atomic mass is 9.51. The van der Waals surface area contributed by atoms with E-state index in [0.717, 1.165) is 12.8 Å². The molecule has 3 heteroatoms. The van der Waals surface area contributed by atoms with Gasteiger partial charge in [0.25, 0.3) is 0 Å². The smallest absolute Gasteiger partial charge is 0.115 e. The van der Waals surface area contributed by atoms with E-state index < -0.39 is 0 Å². The Morgan fingerprint density at radius 3 is 2.54 bits per heavy atom. The van der Waals surface area contributed by atoms with E-state index in [4.69, 9.17) is 0 Å². The van der Waals surface area contributed by atoms with Crippen LogP contribution in [0.4, 0.5) is 0 Å². The molecule has 3 aliphatic rings. The van der Waals surface area contributed by atoms with Crippen LogP contribution in [0.1, 0.15) is 92.9 Å². The van der Waals surface area contributed by atoms with E-state index in [9.17, 15) is 10.2 Å². The molecule has 0 bridgehead atoms. The fourth-order valence-corrected chi connectivity index (χ4v) is 8.51. The second kappa shape index (κ2) is 11.5. The molecule has 2 N–H and O–H groups in total. The highest BCUT2D eigenvalue weighted by atomic mass is 16.3. The van der Waals surface area contributed by atoms with Gasteiger partial charge in [-0.2, -0.15) is 0 Å². The summed E-state index contributed by atoms with van der Waals surface area (Å²) in [5.74, 6) is 3.01. The number of hydrogen-bond acceptors (Lipinski definition) is 3. The molecule has 0 heterocycles. The SMILES string of the molecule is Cc1ccc(CCCN(C)CCCCC[C@H]2C[C@]3(C)[C@@H](O)CC[C@H]3[C@@H]3CCc4cc(O)ccc4[C@@H]23)cc1. The number of aliphatic hydroxyl groups is 1. The maximum Gasteiger partial charge on any atom is 0.115 e. The van der Waals surface area contributed by atoms with Crippen molar-refractivity contribution in [2.75, 3.05) is 20.1 Å². The zero-order valence-corrected chi connectivity index (χ0v) is 23.5. The third-order valence-electron chi connectivity index (χ3n) is 10.5. The zero-order chi connectivity index (χ0) is 26.0. The summed E-state index contributed by atoms with van der Waals surface area (Å²) in [6, 6.07) is 15.1. The number of nitrogens with zero attached hydrogens (tertiary/aromatic N) is 1. The van der Waals surface area contributed by atoms with Gasteiger partial charge >= 0.3 is 0 Å². The van der Waals surface area contributed by atoms with Crippen molar-refractivity contribution in [2.24, 2.45) is 23.2 Å². The van der Waals surface area contributed by atoms with Gasteiger partial charge in [-0.05, 0) is 143 Å². The van der Waals surface area contributed by atoms with Crippen molar-refractivity contribution in [3.05, 3.63) is 64.7 Å². The minimum Gasteiger partial charge on any atom is -0.508 e. The Labute approximate surface area is 225 Å². The fraction of sp³-hybridized carbons (Fsp3) is 0.647. The molecular formula is C34H49NO2. The average molecular weight is 504 g/mol. The summed E-state index contributed by atoms with van der Waals surface area (Å²) >= 11 is 0. The number of phenolic OH excluding ortho intramolecular Hbond substituents is 1. The zero-order valence-electron chi connectivity index (χ0n) is 23.5. The van der Waals surface area contributed by atoms with Gasteiger partial charge in [0, 0.05) is 0 Å². The van der Waals surface area contributed by atoms with E-state index in [0.29, 0.717) is 29.4 Å². The van der Waals surface area contributed by atoms with Gasteiger partial charge in [-0.25, -0.2) is 0 Å². The molecule has 5 rings (SSSR count). The van der Waals surface area contributed by atoms with Crippen LogP contribution >= 0.6 is 0 Å². The first-order valence-corrected chi connectivity index (χ1v) is 15.1. The number of unbranched alkanes of at least 4 members (excludes halogenated alkanes) is 2. The molecule has 0 aliphatic heterocycles. The standard InChI is InChI=1S/C34H49NO2/c1-24-10-12-25(13-11-24)8-7-21-35(3)20-6-4-5-9-27-23-34(2)31(18-19-32(34)37)30-16-14-26-22-28(36)15-17-29(26)33(27)30/h10-13,15,17,22,27,30-33,36-37H,4-9,14,16,18-21,23H2,1-3H3/t27-,30-,31-,32-,33+,34-/m0/s1. The van der Waals surface area contributed by atoms with E-state index in [-0.39, 0.29) is 11.5 Å².